The van der Waals surface area contributed by atoms with E-state index in [-0.39, 0.29) is 17.4 Å². The van der Waals surface area contributed by atoms with Gasteiger partial charge in [-0.25, -0.2) is 4.79 Å². The van der Waals surface area contributed by atoms with Crippen molar-refractivity contribution in [1.29, 1.82) is 0 Å². The van der Waals surface area contributed by atoms with E-state index < -0.39 is 6.04 Å². The summed E-state index contributed by atoms with van der Waals surface area (Å²) in [6.45, 7) is 8.82. The number of unbranched alkanes of at least 4 members (excludes halogenated alkanes) is 6. The van der Waals surface area contributed by atoms with E-state index in [2.05, 4.69) is 32.7 Å². The highest BCUT2D eigenvalue weighted by Crippen LogP contribution is 2.32. The van der Waals surface area contributed by atoms with Crippen LogP contribution in [0, 0.1) is 0 Å². The first-order chi connectivity index (χ1) is 13.3. The van der Waals surface area contributed by atoms with Crippen molar-refractivity contribution >= 4 is 23.8 Å². The fraction of sp³-hybridized carbons (Fsp3) is 0.714. The van der Waals surface area contributed by atoms with Gasteiger partial charge in [-0.05, 0) is 6.42 Å². The topological polar surface area (TPSA) is 70.0 Å². The van der Waals surface area contributed by atoms with Crippen LogP contribution < -0.4 is 4.57 Å². The second kappa shape index (κ2) is 8.05. The van der Waals surface area contributed by atoms with Crippen molar-refractivity contribution in [3.8, 4) is 0 Å². The molecule has 1 saturated heterocycles. The van der Waals surface area contributed by atoms with E-state index in [0.717, 1.165) is 25.0 Å². The number of rotatable bonds is 8. The Kier molecular flexibility index (Phi) is 5.91. The normalized spacial score (nSPS) is 19.2. The Balaban J connectivity index is 1.68. The number of carbonyl (C=O) groups excluding carboxylic acids is 2. The third kappa shape index (κ3) is 3.84. The van der Waals surface area contributed by atoms with Gasteiger partial charge in [0.1, 0.15) is 6.20 Å². The van der Waals surface area contributed by atoms with Gasteiger partial charge in [0.05, 0.1) is 0 Å². The number of urea groups is 1. The molecule has 1 aromatic heterocycles. The average Bonchev–Trinajstić information content (AvgIpc) is 3.19. The van der Waals surface area contributed by atoms with Gasteiger partial charge >= 0.3 is 12.0 Å². The molecule has 1 aromatic rings. The molecular weight excluding hydrogens is 356 g/mol. The summed E-state index contributed by atoms with van der Waals surface area (Å²) in [5, 5.41) is 0. The van der Waals surface area contributed by atoms with Crippen molar-refractivity contribution in [2.45, 2.75) is 84.1 Å². The number of hydrogen-bond donors (Lipinski definition) is 0. The first-order valence-corrected chi connectivity index (χ1v) is 10.5. The van der Waals surface area contributed by atoms with E-state index in [1.54, 1.807) is 11.6 Å². The van der Waals surface area contributed by atoms with Crippen LogP contribution in [-0.4, -0.2) is 41.2 Å². The number of aliphatic imine (C=N–C) groups is 1. The lowest BCUT2D eigenvalue weighted by Gasteiger charge is -2.32. The Morgan fingerprint density at radius 2 is 1.75 bits per heavy atom. The van der Waals surface area contributed by atoms with Crippen molar-refractivity contribution in [1.82, 2.24) is 9.80 Å². The van der Waals surface area contributed by atoms with Gasteiger partial charge in [-0.15, -0.1) is 0 Å². The predicted octanol–water partition coefficient (Wildman–Crippen LogP) is 4.09. The van der Waals surface area contributed by atoms with Crippen LogP contribution in [0.15, 0.2) is 15.6 Å². The zero-order valence-corrected chi connectivity index (χ0v) is 17.8. The van der Waals surface area contributed by atoms with Gasteiger partial charge in [0, 0.05) is 24.0 Å². The maximum atomic E-state index is 13.1. The highest BCUT2D eigenvalue weighted by Gasteiger charge is 2.55. The summed E-state index contributed by atoms with van der Waals surface area (Å²) in [5.74, 6) is 1.01. The minimum atomic E-state index is -0.609. The number of hydrogen-bond acceptors (Lipinski definition) is 4. The molecule has 7 heteroatoms. The van der Waals surface area contributed by atoms with E-state index in [9.17, 15) is 9.59 Å². The lowest BCUT2D eigenvalue weighted by Crippen LogP contribution is -2.62. The Morgan fingerprint density at radius 1 is 1.11 bits per heavy atom. The zero-order valence-electron chi connectivity index (χ0n) is 17.8. The molecule has 0 N–H and O–H groups in total. The number of nitrogens with zero attached hydrogens (tertiary/aromatic N) is 4. The van der Waals surface area contributed by atoms with Crippen LogP contribution in [0.25, 0.3) is 0 Å². The molecule has 0 aromatic carbocycles. The lowest BCUT2D eigenvalue weighted by atomic mass is 9.94. The van der Waals surface area contributed by atoms with E-state index in [4.69, 9.17) is 4.42 Å². The van der Waals surface area contributed by atoms with Crippen molar-refractivity contribution < 1.29 is 18.6 Å². The summed E-state index contributed by atoms with van der Waals surface area (Å²) in [5.41, 5.74) is -0.177. The highest BCUT2D eigenvalue weighted by atomic mass is 16.4. The predicted molar refractivity (Wildman–Crippen MR) is 107 cm³/mol. The third-order valence-electron chi connectivity index (χ3n) is 5.50. The first-order valence-electron chi connectivity index (χ1n) is 10.5. The molecule has 28 heavy (non-hydrogen) atoms. The fourth-order valence-electron chi connectivity index (χ4n) is 3.70. The molecule has 2 aliphatic rings. The number of carbonyl (C=O) groups is 2. The van der Waals surface area contributed by atoms with Crippen LogP contribution >= 0.6 is 0 Å². The summed E-state index contributed by atoms with van der Waals surface area (Å²) >= 11 is 0. The maximum absolute atomic E-state index is 13.1. The number of aromatic nitrogens is 1. The van der Waals surface area contributed by atoms with Crippen molar-refractivity contribution in [3.63, 3.8) is 0 Å². The molecule has 3 rings (SSSR count). The summed E-state index contributed by atoms with van der Waals surface area (Å²) in [7, 11) is 1.68. The van der Waals surface area contributed by atoms with E-state index in [1.165, 1.54) is 35.5 Å². The minimum absolute atomic E-state index is 0.177. The van der Waals surface area contributed by atoms with Crippen LogP contribution in [0.3, 0.4) is 0 Å². The molecule has 0 saturated carbocycles. The van der Waals surface area contributed by atoms with Gasteiger partial charge in [-0.2, -0.15) is 4.57 Å². The molecule has 7 nitrogen and oxygen atoms in total. The molecule has 1 fully saturated rings. The second-order valence-corrected chi connectivity index (χ2v) is 8.86. The number of fused-ring (bicyclic) bond motifs is 3. The van der Waals surface area contributed by atoms with Gasteiger partial charge in [0.15, 0.2) is 5.76 Å². The van der Waals surface area contributed by atoms with Crippen LogP contribution in [0.5, 0.6) is 0 Å². The second-order valence-electron chi connectivity index (χ2n) is 8.86. The molecule has 0 aliphatic carbocycles. The maximum Gasteiger partial charge on any atom is 0.506 e. The SMILES string of the molecule is CCCCCCCCCN1C(=O)C2C(=Nc3oc(C(C)(C)C)c[n+]32)N(C)C1=O. The Labute approximate surface area is 167 Å². The fourth-order valence-corrected chi connectivity index (χ4v) is 3.70. The van der Waals surface area contributed by atoms with Crippen LogP contribution in [0.2, 0.25) is 0 Å². The molecule has 0 bridgehead atoms. The molecule has 154 valence electrons. The highest BCUT2D eigenvalue weighted by molar-refractivity contribution is 6.18. The monoisotopic (exact) mass is 389 g/mol. The quantitative estimate of drug-likeness (QED) is 0.496. The molecule has 0 radical (unpaired) electrons. The van der Waals surface area contributed by atoms with E-state index >= 15 is 0 Å². The van der Waals surface area contributed by atoms with E-state index in [1.807, 2.05) is 6.20 Å². The number of imide groups is 1. The average molecular weight is 390 g/mol. The first kappa shape index (κ1) is 20.6. The number of amides is 3. The third-order valence-corrected chi connectivity index (χ3v) is 5.50. The lowest BCUT2D eigenvalue weighted by molar-refractivity contribution is -0.679. The molecule has 1 unspecified atom stereocenters. The Morgan fingerprint density at radius 3 is 2.39 bits per heavy atom. The van der Waals surface area contributed by atoms with Crippen molar-refractivity contribution in [2.75, 3.05) is 13.6 Å². The molecule has 2 aliphatic heterocycles. The molecule has 3 heterocycles. The van der Waals surface area contributed by atoms with Gasteiger partial charge < -0.3 is 4.42 Å². The molecular formula is C21H33N4O3+. The summed E-state index contributed by atoms with van der Waals surface area (Å²) < 4.78 is 7.62. The summed E-state index contributed by atoms with van der Waals surface area (Å²) in [6.07, 6.45) is 9.87. The van der Waals surface area contributed by atoms with Crippen LogP contribution in [-0.2, 0) is 10.2 Å². The molecule has 3 amide bonds. The zero-order chi connectivity index (χ0) is 20.5. The van der Waals surface area contributed by atoms with E-state index in [0.29, 0.717) is 18.4 Å². The Bertz CT molecular complexity index is 775. The molecule has 0 spiro atoms. The number of likely N-dealkylation sites (N-methyl/N-ethyl adjacent to an activating group) is 1. The number of oxazole rings is 1. The van der Waals surface area contributed by atoms with Gasteiger partial charge in [0.2, 0.25) is 0 Å². The number of amidine groups is 1. The van der Waals surface area contributed by atoms with Gasteiger partial charge in [-0.3, -0.25) is 14.6 Å². The summed E-state index contributed by atoms with van der Waals surface area (Å²) in [4.78, 5) is 33.1. The largest absolute Gasteiger partial charge is 0.506 e. The smallest absolute Gasteiger partial charge is 0.389 e. The van der Waals surface area contributed by atoms with Crippen molar-refractivity contribution in [2.24, 2.45) is 4.99 Å². The Hall–Kier alpha value is -2.18. The standard InChI is InChI=1S/C21H33N4O3/c1-6-7-8-9-10-11-12-13-24-18(26)16-17(23(5)20(24)27)22-19-25(16)14-15(28-19)21(2,3)4/h14,16H,6-13H2,1-5H3/q+1. The van der Waals surface area contributed by atoms with Crippen LogP contribution in [0.4, 0.5) is 10.8 Å². The van der Waals surface area contributed by atoms with Gasteiger partial charge in [0.25, 0.3) is 17.8 Å². The van der Waals surface area contributed by atoms with Crippen LogP contribution in [0.1, 0.15) is 84.4 Å². The minimum Gasteiger partial charge on any atom is -0.389 e. The van der Waals surface area contributed by atoms with Crippen molar-refractivity contribution in [3.05, 3.63) is 12.0 Å². The van der Waals surface area contributed by atoms with Gasteiger partial charge in [-0.1, -0.05) is 66.2 Å². The molecule has 1 atom stereocenters. The summed E-state index contributed by atoms with van der Waals surface area (Å²) in [6, 6.07) is -0.523.